The molecule has 0 aliphatic rings. The number of anilines is 1. The van der Waals surface area contributed by atoms with E-state index in [9.17, 15) is 4.79 Å². The van der Waals surface area contributed by atoms with E-state index in [2.05, 4.69) is 48.3 Å². The second-order valence-corrected chi connectivity index (χ2v) is 4.89. The third kappa shape index (κ3) is 4.78. The van der Waals surface area contributed by atoms with Crippen LogP contribution in [0.3, 0.4) is 0 Å². The molecule has 3 heteroatoms. The van der Waals surface area contributed by atoms with Crippen molar-refractivity contribution >= 4 is 11.6 Å². The van der Waals surface area contributed by atoms with E-state index in [1.165, 1.54) is 11.3 Å². The molecule has 0 atom stereocenters. The molecule has 0 aliphatic heterocycles. The van der Waals surface area contributed by atoms with E-state index < -0.39 is 0 Å². The van der Waals surface area contributed by atoms with Crippen molar-refractivity contribution in [3.8, 4) is 0 Å². The molecule has 18 heavy (non-hydrogen) atoms. The van der Waals surface area contributed by atoms with Crippen LogP contribution in [0.4, 0.5) is 5.69 Å². The van der Waals surface area contributed by atoms with Gasteiger partial charge in [-0.15, -0.1) is 0 Å². The van der Waals surface area contributed by atoms with Gasteiger partial charge in [-0.2, -0.15) is 0 Å². The number of hydrogen-bond donors (Lipinski definition) is 1. The maximum absolute atomic E-state index is 11.6. The van der Waals surface area contributed by atoms with Gasteiger partial charge in [0.05, 0.1) is 0 Å². The number of carbonyl (C=O) groups excluding carboxylic acids is 1. The van der Waals surface area contributed by atoms with Crippen LogP contribution in [-0.4, -0.2) is 25.0 Å². The zero-order chi connectivity index (χ0) is 13.5. The van der Waals surface area contributed by atoms with Gasteiger partial charge in [-0.1, -0.05) is 12.1 Å². The predicted octanol–water partition coefficient (Wildman–Crippen LogP) is 2.74. The Morgan fingerprint density at radius 2 is 2.11 bits per heavy atom. The molecule has 1 amide bonds. The molecular weight excluding hydrogens is 224 g/mol. The number of nitrogens with one attached hydrogen (secondary N) is 1. The summed E-state index contributed by atoms with van der Waals surface area (Å²) < 4.78 is 0. The maximum Gasteiger partial charge on any atom is 0.221 e. The first-order chi connectivity index (χ1) is 8.52. The molecule has 100 valence electrons. The molecular formula is C15H24N2O. The van der Waals surface area contributed by atoms with Crippen molar-refractivity contribution in [3.63, 3.8) is 0 Å². The van der Waals surface area contributed by atoms with Crippen LogP contribution in [0, 0.1) is 6.92 Å². The summed E-state index contributed by atoms with van der Waals surface area (Å²) >= 11 is 0. The number of hydrogen-bond acceptors (Lipinski definition) is 2. The smallest absolute Gasteiger partial charge is 0.221 e. The summed E-state index contributed by atoms with van der Waals surface area (Å²) in [5, 5.41) is 2.92. The molecule has 0 heterocycles. The molecule has 0 saturated heterocycles. The minimum Gasteiger partial charge on any atom is -0.371 e. The molecule has 0 aliphatic carbocycles. The lowest BCUT2D eigenvalue weighted by Crippen LogP contribution is -2.34. The van der Waals surface area contributed by atoms with Crippen LogP contribution in [0.1, 0.15) is 32.8 Å². The van der Waals surface area contributed by atoms with Gasteiger partial charge in [0, 0.05) is 31.2 Å². The van der Waals surface area contributed by atoms with Gasteiger partial charge in [0.15, 0.2) is 0 Å². The topological polar surface area (TPSA) is 32.3 Å². The van der Waals surface area contributed by atoms with Crippen molar-refractivity contribution in [3.05, 3.63) is 29.8 Å². The Morgan fingerprint density at radius 1 is 1.39 bits per heavy atom. The standard InChI is InChI=1S/C15H24N2O/c1-5-17(10-9-15(18)16-12(2)3)14-8-6-7-13(4)11-14/h6-8,11-12H,5,9-10H2,1-4H3,(H,16,18). The largest absolute Gasteiger partial charge is 0.371 e. The number of nitrogens with zero attached hydrogens (tertiary/aromatic N) is 1. The first-order valence-corrected chi connectivity index (χ1v) is 6.64. The van der Waals surface area contributed by atoms with Gasteiger partial charge in [-0.3, -0.25) is 4.79 Å². The van der Waals surface area contributed by atoms with Gasteiger partial charge in [-0.25, -0.2) is 0 Å². The fraction of sp³-hybridized carbons (Fsp3) is 0.533. The Kier molecular flexibility index (Phi) is 5.69. The molecule has 0 spiro atoms. The third-order valence-electron chi connectivity index (χ3n) is 2.81. The van der Waals surface area contributed by atoms with Gasteiger partial charge < -0.3 is 10.2 Å². The fourth-order valence-corrected chi connectivity index (χ4v) is 1.93. The summed E-state index contributed by atoms with van der Waals surface area (Å²) in [4.78, 5) is 13.9. The molecule has 0 radical (unpaired) electrons. The lowest BCUT2D eigenvalue weighted by Gasteiger charge is -2.23. The van der Waals surface area contributed by atoms with Crippen molar-refractivity contribution in [2.24, 2.45) is 0 Å². The Labute approximate surface area is 110 Å². The third-order valence-corrected chi connectivity index (χ3v) is 2.81. The Bertz CT molecular complexity index is 388. The maximum atomic E-state index is 11.6. The number of benzene rings is 1. The summed E-state index contributed by atoms with van der Waals surface area (Å²) in [6.07, 6.45) is 0.542. The van der Waals surface area contributed by atoms with E-state index in [4.69, 9.17) is 0 Å². The molecule has 3 nitrogen and oxygen atoms in total. The molecule has 0 bridgehead atoms. The summed E-state index contributed by atoms with van der Waals surface area (Å²) in [5.41, 5.74) is 2.44. The zero-order valence-electron chi connectivity index (χ0n) is 11.9. The number of amides is 1. The summed E-state index contributed by atoms with van der Waals surface area (Å²) in [6, 6.07) is 8.61. The van der Waals surface area contributed by atoms with Gasteiger partial charge in [0.2, 0.25) is 5.91 Å². The van der Waals surface area contributed by atoms with Crippen LogP contribution in [0.15, 0.2) is 24.3 Å². The van der Waals surface area contributed by atoms with E-state index in [-0.39, 0.29) is 11.9 Å². The Morgan fingerprint density at radius 3 is 2.67 bits per heavy atom. The number of rotatable bonds is 6. The fourth-order valence-electron chi connectivity index (χ4n) is 1.93. The van der Waals surface area contributed by atoms with Crippen molar-refractivity contribution in [2.75, 3.05) is 18.0 Å². The normalized spacial score (nSPS) is 10.5. The highest BCUT2D eigenvalue weighted by atomic mass is 16.1. The van der Waals surface area contributed by atoms with Crippen molar-refractivity contribution in [1.29, 1.82) is 0 Å². The van der Waals surface area contributed by atoms with E-state index >= 15 is 0 Å². The highest BCUT2D eigenvalue weighted by molar-refractivity contribution is 5.76. The van der Waals surface area contributed by atoms with E-state index in [0.29, 0.717) is 6.42 Å². The van der Waals surface area contributed by atoms with Crippen LogP contribution >= 0.6 is 0 Å². The van der Waals surface area contributed by atoms with E-state index in [1.807, 2.05) is 13.8 Å². The van der Waals surface area contributed by atoms with Gasteiger partial charge in [0.1, 0.15) is 0 Å². The van der Waals surface area contributed by atoms with Crippen LogP contribution < -0.4 is 10.2 Å². The molecule has 1 aromatic carbocycles. The molecule has 1 N–H and O–H groups in total. The molecule has 1 rings (SSSR count). The van der Waals surface area contributed by atoms with Gasteiger partial charge >= 0.3 is 0 Å². The summed E-state index contributed by atoms with van der Waals surface area (Å²) in [7, 11) is 0. The van der Waals surface area contributed by atoms with Crippen molar-refractivity contribution in [1.82, 2.24) is 5.32 Å². The summed E-state index contributed by atoms with van der Waals surface area (Å²) in [6.45, 7) is 9.84. The monoisotopic (exact) mass is 248 g/mol. The highest BCUT2D eigenvalue weighted by Gasteiger charge is 2.08. The minimum atomic E-state index is 0.121. The lowest BCUT2D eigenvalue weighted by molar-refractivity contribution is -0.121. The predicted molar refractivity (Wildman–Crippen MR) is 77.0 cm³/mol. The van der Waals surface area contributed by atoms with Gasteiger partial charge in [-0.05, 0) is 45.4 Å². The van der Waals surface area contributed by atoms with Gasteiger partial charge in [0.25, 0.3) is 0 Å². The van der Waals surface area contributed by atoms with Crippen molar-refractivity contribution in [2.45, 2.75) is 40.2 Å². The van der Waals surface area contributed by atoms with E-state index in [0.717, 1.165) is 13.1 Å². The number of aryl methyl sites for hydroxylation is 1. The first kappa shape index (κ1) is 14.6. The van der Waals surface area contributed by atoms with Crippen LogP contribution in [0.5, 0.6) is 0 Å². The molecule has 0 saturated carbocycles. The SMILES string of the molecule is CCN(CCC(=O)NC(C)C)c1cccc(C)c1. The summed E-state index contributed by atoms with van der Waals surface area (Å²) in [5.74, 6) is 0.121. The average molecular weight is 248 g/mol. The quantitative estimate of drug-likeness (QED) is 0.839. The first-order valence-electron chi connectivity index (χ1n) is 6.64. The molecule has 0 aromatic heterocycles. The zero-order valence-corrected chi connectivity index (χ0v) is 11.9. The number of carbonyl (C=O) groups is 1. The second-order valence-electron chi connectivity index (χ2n) is 4.89. The van der Waals surface area contributed by atoms with Crippen molar-refractivity contribution < 1.29 is 4.79 Å². The average Bonchev–Trinajstić information content (AvgIpc) is 2.29. The molecule has 1 aromatic rings. The second kappa shape index (κ2) is 7.04. The van der Waals surface area contributed by atoms with Crippen LogP contribution in [0.2, 0.25) is 0 Å². The highest BCUT2D eigenvalue weighted by Crippen LogP contribution is 2.15. The lowest BCUT2D eigenvalue weighted by atomic mass is 10.2. The minimum absolute atomic E-state index is 0.121. The Hall–Kier alpha value is -1.51. The molecule has 0 unspecified atom stereocenters. The molecule has 0 fully saturated rings. The van der Waals surface area contributed by atoms with Crippen LogP contribution in [-0.2, 0) is 4.79 Å². The van der Waals surface area contributed by atoms with E-state index in [1.54, 1.807) is 0 Å². The Balaban J connectivity index is 2.55. The van der Waals surface area contributed by atoms with Crippen LogP contribution in [0.25, 0.3) is 0 Å².